The number of nitrogens with zero attached hydrogens (tertiary/aromatic N) is 1. The summed E-state index contributed by atoms with van der Waals surface area (Å²) in [6.07, 6.45) is 0. The summed E-state index contributed by atoms with van der Waals surface area (Å²) in [4.78, 5) is 16.2. The molecule has 3 heteroatoms. The van der Waals surface area contributed by atoms with Gasteiger partial charge in [0.05, 0.1) is 11.3 Å². The molecule has 0 spiro atoms. The molecule has 5 rings (SSSR count). The highest BCUT2D eigenvalue weighted by Gasteiger charge is 2.28. The molecule has 0 unspecified atom stereocenters. The van der Waals surface area contributed by atoms with Gasteiger partial charge in [-0.25, -0.2) is 4.79 Å². The number of hydrogen-bond acceptors (Lipinski definition) is 3. The highest BCUT2D eigenvalue weighted by Crippen LogP contribution is 2.49. The average Bonchev–Trinajstić information content (AvgIpc) is 2.92. The molecule has 1 aliphatic carbocycles. The van der Waals surface area contributed by atoms with Gasteiger partial charge in [-0.05, 0) is 10.9 Å². The van der Waals surface area contributed by atoms with Crippen LogP contribution in [0.3, 0.4) is 0 Å². The van der Waals surface area contributed by atoms with Gasteiger partial charge in [-0.3, -0.25) is 0 Å². The summed E-state index contributed by atoms with van der Waals surface area (Å²) in [7, 11) is 0. The van der Waals surface area contributed by atoms with Crippen molar-refractivity contribution in [3.8, 4) is 33.7 Å². The van der Waals surface area contributed by atoms with Crippen molar-refractivity contribution in [1.82, 2.24) is 4.98 Å². The van der Waals surface area contributed by atoms with Gasteiger partial charge in [0.2, 0.25) is 0 Å². The van der Waals surface area contributed by atoms with Crippen LogP contribution in [0.25, 0.3) is 44.5 Å². The Balaban J connectivity index is 1.97. The zero-order valence-corrected chi connectivity index (χ0v) is 12.1. The quantitative estimate of drug-likeness (QED) is 0.457. The van der Waals surface area contributed by atoms with Crippen molar-refractivity contribution < 1.29 is 4.42 Å². The third-order valence-corrected chi connectivity index (χ3v) is 4.32. The second-order valence-electron chi connectivity index (χ2n) is 5.61. The van der Waals surface area contributed by atoms with E-state index < -0.39 is 5.76 Å². The molecule has 0 bridgehead atoms. The molecule has 1 heterocycles. The van der Waals surface area contributed by atoms with Gasteiger partial charge in [0.1, 0.15) is 0 Å². The first-order valence-corrected chi connectivity index (χ1v) is 7.46. The molecular formula is C20H11NO2. The monoisotopic (exact) mass is 297 g/mol. The Kier molecular flexibility index (Phi) is 2.36. The van der Waals surface area contributed by atoms with Gasteiger partial charge in [-0.1, -0.05) is 66.7 Å². The highest BCUT2D eigenvalue weighted by molar-refractivity contribution is 6.16. The van der Waals surface area contributed by atoms with Gasteiger partial charge >= 0.3 is 5.76 Å². The van der Waals surface area contributed by atoms with Crippen LogP contribution in [-0.2, 0) is 0 Å². The molecule has 0 amide bonds. The van der Waals surface area contributed by atoms with E-state index in [1.54, 1.807) is 0 Å². The minimum absolute atomic E-state index is 0.563. The highest BCUT2D eigenvalue weighted by atomic mass is 16.4. The van der Waals surface area contributed by atoms with Crippen molar-refractivity contribution in [2.24, 2.45) is 0 Å². The lowest BCUT2D eigenvalue weighted by atomic mass is 10.0. The lowest BCUT2D eigenvalue weighted by molar-refractivity contribution is 0.502. The van der Waals surface area contributed by atoms with Crippen LogP contribution in [-0.4, -0.2) is 4.98 Å². The summed E-state index contributed by atoms with van der Waals surface area (Å²) in [5, 5.41) is 2.26. The van der Waals surface area contributed by atoms with Crippen LogP contribution in [0.2, 0.25) is 0 Å². The number of aromatic nitrogens is 1. The fraction of sp³-hybridized carbons (Fsp3) is 0. The molecule has 0 atom stereocenters. The molecule has 1 aliphatic rings. The normalized spacial score (nSPS) is 11.7. The predicted molar refractivity (Wildman–Crippen MR) is 90.1 cm³/mol. The van der Waals surface area contributed by atoms with Crippen LogP contribution in [0, 0.1) is 0 Å². The smallest absolute Gasteiger partial charge is 0.407 e. The molecule has 3 aromatic carbocycles. The molecule has 0 aliphatic heterocycles. The zero-order chi connectivity index (χ0) is 15.4. The molecule has 0 saturated carbocycles. The van der Waals surface area contributed by atoms with Crippen LogP contribution in [0.1, 0.15) is 0 Å². The first-order valence-electron chi connectivity index (χ1n) is 7.46. The molecule has 0 fully saturated rings. The van der Waals surface area contributed by atoms with Crippen LogP contribution in [0.4, 0.5) is 0 Å². The van der Waals surface area contributed by atoms with Crippen molar-refractivity contribution in [3.63, 3.8) is 0 Å². The van der Waals surface area contributed by atoms with E-state index in [0.29, 0.717) is 11.5 Å². The molecule has 3 nitrogen and oxygen atoms in total. The SMILES string of the molecule is O=c1nc(-c2ccccc2)c2c(o1)-c1cccc3cccc-2c13. The number of benzene rings is 3. The summed E-state index contributed by atoms with van der Waals surface area (Å²) in [6.45, 7) is 0. The Hall–Kier alpha value is -3.20. The Morgan fingerprint density at radius 2 is 1.52 bits per heavy atom. The lowest BCUT2D eigenvalue weighted by Crippen LogP contribution is -2.07. The summed E-state index contributed by atoms with van der Waals surface area (Å²) in [5.74, 6) is 0.0584. The molecule has 4 aromatic rings. The third-order valence-electron chi connectivity index (χ3n) is 4.32. The number of hydrogen-bond donors (Lipinski definition) is 0. The molecule has 23 heavy (non-hydrogen) atoms. The van der Waals surface area contributed by atoms with Crippen molar-refractivity contribution in [2.45, 2.75) is 0 Å². The first kappa shape index (κ1) is 12.4. The minimum Gasteiger partial charge on any atom is -0.407 e. The van der Waals surface area contributed by atoms with E-state index in [1.807, 2.05) is 48.5 Å². The van der Waals surface area contributed by atoms with Gasteiger partial charge in [0, 0.05) is 16.5 Å². The van der Waals surface area contributed by atoms with Gasteiger partial charge in [-0.15, -0.1) is 0 Å². The predicted octanol–water partition coefficient (Wildman–Crippen LogP) is 4.50. The van der Waals surface area contributed by atoms with Crippen molar-refractivity contribution in [2.75, 3.05) is 0 Å². The molecule has 108 valence electrons. The summed E-state index contributed by atoms with van der Waals surface area (Å²) in [6, 6.07) is 22.0. The Morgan fingerprint density at radius 1 is 0.783 bits per heavy atom. The molecular weight excluding hydrogens is 286 g/mol. The summed E-state index contributed by atoms with van der Waals surface area (Å²) < 4.78 is 5.49. The standard InChI is InChI=1S/C20H11NO2/c22-20-21-18(13-6-2-1-3-7-13)17-14-10-4-8-12-9-5-11-15(16(12)14)19(17)23-20/h1-11H. The third kappa shape index (κ3) is 1.64. The second-order valence-corrected chi connectivity index (χ2v) is 5.61. The van der Waals surface area contributed by atoms with Crippen molar-refractivity contribution in [1.29, 1.82) is 0 Å². The van der Waals surface area contributed by atoms with Gasteiger partial charge in [-0.2, -0.15) is 4.98 Å². The van der Waals surface area contributed by atoms with Gasteiger partial charge in [0.25, 0.3) is 0 Å². The lowest BCUT2D eigenvalue weighted by Gasteiger charge is -2.07. The maximum Gasteiger partial charge on any atom is 0.439 e. The van der Waals surface area contributed by atoms with Crippen LogP contribution in [0.15, 0.2) is 75.9 Å². The van der Waals surface area contributed by atoms with E-state index >= 15 is 0 Å². The molecule has 0 saturated heterocycles. The van der Waals surface area contributed by atoms with E-state index in [9.17, 15) is 4.79 Å². The Labute approximate surface area is 131 Å². The maximum absolute atomic E-state index is 12.0. The number of fused-ring (bicyclic) bond motifs is 3. The fourth-order valence-corrected chi connectivity index (χ4v) is 3.40. The fourth-order valence-electron chi connectivity index (χ4n) is 3.40. The average molecular weight is 297 g/mol. The Morgan fingerprint density at radius 3 is 2.30 bits per heavy atom. The van der Waals surface area contributed by atoms with E-state index in [1.165, 1.54) is 0 Å². The number of rotatable bonds is 1. The van der Waals surface area contributed by atoms with E-state index in [4.69, 9.17) is 4.42 Å². The summed E-state index contributed by atoms with van der Waals surface area (Å²) in [5.41, 5.74) is 4.54. The van der Waals surface area contributed by atoms with E-state index in [2.05, 4.69) is 23.2 Å². The maximum atomic E-state index is 12.0. The molecule has 0 N–H and O–H groups in total. The topological polar surface area (TPSA) is 43.1 Å². The van der Waals surface area contributed by atoms with Crippen molar-refractivity contribution in [3.05, 3.63) is 77.3 Å². The van der Waals surface area contributed by atoms with Crippen LogP contribution < -0.4 is 5.76 Å². The molecule has 0 radical (unpaired) electrons. The second kappa shape index (κ2) is 4.40. The minimum atomic E-state index is -0.563. The Bertz CT molecular complexity index is 1120. The first-order chi connectivity index (χ1) is 11.3. The zero-order valence-electron chi connectivity index (χ0n) is 12.1. The van der Waals surface area contributed by atoms with Crippen LogP contribution >= 0.6 is 0 Å². The van der Waals surface area contributed by atoms with Gasteiger partial charge in [0.15, 0.2) is 5.76 Å². The van der Waals surface area contributed by atoms with E-state index in [-0.39, 0.29) is 0 Å². The molecule has 1 aromatic heterocycles. The largest absolute Gasteiger partial charge is 0.439 e. The van der Waals surface area contributed by atoms with Crippen molar-refractivity contribution >= 4 is 10.8 Å². The van der Waals surface area contributed by atoms with E-state index in [0.717, 1.165) is 33.0 Å². The summed E-state index contributed by atoms with van der Waals surface area (Å²) >= 11 is 0. The van der Waals surface area contributed by atoms with Gasteiger partial charge < -0.3 is 4.42 Å². The van der Waals surface area contributed by atoms with Crippen LogP contribution in [0.5, 0.6) is 0 Å².